The predicted molar refractivity (Wildman–Crippen MR) is 75.0 cm³/mol. The fourth-order valence-electron chi connectivity index (χ4n) is 2.26. The molecule has 0 saturated carbocycles. The van der Waals surface area contributed by atoms with Gasteiger partial charge < -0.3 is 19.7 Å². The molecule has 1 unspecified atom stereocenters. The molecular weight excluding hydrogens is 244 g/mol. The Kier molecular flexibility index (Phi) is 4.79. The second-order valence-electron chi connectivity index (χ2n) is 4.60. The van der Waals surface area contributed by atoms with Crippen molar-refractivity contribution >= 4 is 11.6 Å². The first-order valence-corrected chi connectivity index (χ1v) is 6.70. The van der Waals surface area contributed by atoms with Crippen LogP contribution in [0.1, 0.15) is 19.8 Å². The van der Waals surface area contributed by atoms with E-state index >= 15 is 0 Å². The Morgan fingerprint density at radius 2 is 2.26 bits per heavy atom. The van der Waals surface area contributed by atoms with E-state index < -0.39 is 0 Å². The molecule has 6 nitrogen and oxygen atoms in total. The maximum atomic E-state index is 5.48. The minimum absolute atomic E-state index is 0.270. The van der Waals surface area contributed by atoms with Gasteiger partial charge in [-0.15, -0.1) is 0 Å². The van der Waals surface area contributed by atoms with E-state index in [2.05, 4.69) is 27.1 Å². The van der Waals surface area contributed by atoms with Crippen molar-refractivity contribution in [1.29, 1.82) is 0 Å². The summed E-state index contributed by atoms with van der Waals surface area (Å²) in [5.74, 6) is 2.32. The first-order chi connectivity index (χ1) is 9.30. The molecule has 1 aliphatic rings. The largest absolute Gasteiger partial charge is 0.490 e. The zero-order chi connectivity index (χ0) is 13.7. The molecule has 1 aromatic rings. The van der Waals surface area contributed by atoms with Crippen molar-refractivity contribution < 1.29 is 9.47 Å². The van der Waals surface area contributed by atoms with Crippen LogP contribution in [0.25, 0.3) is 0 Å². The van der Waals surface area contributed by atoms with Crippen LogP contribution in [-0.4, -0.2) is 49.9 Å². The zero-order valence-corrected chi connectivity index (χ0v) is 11.8. The molecule has 2 heterocycles. The van der Waals surface area contributed by atoms with Gasteiger partial charge in [-0.25, -0.2) is 9.97 Å². The molecule has 1 aromatic heterocycles. The maximum absolute atomic E-state index is 5.48. The summed E-state index contributed by atoms with van der Waals surface area (Å²) in [5, 5.41) is 3.27. The molecule has 0 aromatic carbocycles. The number of ether oxygens (including phenoxy) is 2. The van der Waals surface area contributed by atoms with Crippen LogP contribution in [-0.2, 0) is 4.74 Å². The van der Waals surface area contributed by atoms with Crippen LogP contribution in [0.5, 0.6) is 5.75 Å². The molecule has 0 aliphatic carbocycles. The molecule has 1 saturated heterocycles. The van der Waals surface area contributed by atoms with Crippen LogP contribution in [0.15, 0.2) is 6.33 Å². The van der Waals surface area contributed by atoms with Crippen LogP contribution in [0.4, 0.5) is 11.6 Å². The summed E-state index contributed by atoms with van der Waals surface area (Å²) in [4.78, 5) is 10.8. The average Bonchev–Trinajstić information content (AvgIpc) is 2.93. The number of hydrogen-bond donors (Lipinski definition) is 1. The summed E-state index contributed by atoms with van der Waals surface area (Å²) in [6.45, 7) is 4.76. The van der Waals surface area contributed by atoms with Gasteiger partial charge in [-0.3, -0.25) is 0 Å². The lowest BCUT2D eigenvalue weighted by Gasteiger charge is -2.21. The van der Waals surface area contributed by atoms with Gasteiger partial charge in [0.15, 0.2) is 11.6 Å². The second-order valence-corrected chi connectivity index (χ2v) is 4.60. The number of hydrogen-bond acceptors (Lipinski definition) is 6. The van der Waals surface area contributed by atoms with Gasteiger partial charge in [-0.05, 0) is 12.8 Å². The Morgan fingerprint density at radius 1 is 1.42 bits per heavy atom. The molecule has 1 N–H and O–H groups in total. The lowest BCUT2D eigenvalue weighted by atomic mass is 10.3. The lowest BCUT2D eigenvalue weighted by Crippen LogP contribution is -2.24. The van der Waals surface area contributed by atoms with E-state index in [4.69, 9.17) is 9.47 Å². The summed E-state index contributed by atoms with van der Waals surface area (Å²) in [6, 6.07) is 0. The molecular formula is C13H22N4O2. The van der Waals surface area contributed by atoms with Gasteiger partial charge in [-0.1, -0.05) is 6.92 Å². The fourth-order valence-corrected chi connectivity index (χ4v) is 2.26. The zero-order valence-electron chi connectivity index (χ0n) is 11.8. The molecule has 0 amide bonds. The van der Waals surface area contributed by atoms with Gasteiger partial charge >= 0.3 is 0 Å². The number of aromatic nitrogens is 2. The smallest absolute Gasteiger partial charge is 0.204 e. The van der Waals surface area contributed by atoms with Crippen LogP contribution in [0.2, 0.25) is 0 Å². The molecule has 1 atom stereocenters. The van der Waals surface area contributed by atoms with Crippen LogP contribution in [0.3, 0.4) is 0 Å². The minimum Gasteiger partial charge on any atom is -0.490 e. The Labute approximate surface area is 114 Å². The van der Waals surface area contributed by atoms with Gasteiger partial charge in [0.2, 0.25) is 5.75 Å². The molecule has 6 heteroatoms. The van der Waals surface area contributed by atoms with E-state index in [1.165, 1.54) is 0 Å². The minimum atomic E-state index is 0.270. The third kappa shape index (κ3) is 3.07. The summed E-state index contributed by atoms with van der Waals surface area (Å²) >= 11 is 0. The van der Waals surface area contributed by atoms with Crippen molar-refractivity contribution in [3.05, 3.63) is 6.33 Å². The summed E-state index contributed by atoms with van der Waals surface area (Å²) in [7, 11) is 3.41. The Bertz CT molecular complexity index is 414. The highest BCUT2D eigenvalue weighted by molar-refractivity contribution is 5.65. The molecule has 2 rings (SSSR count). The number of rotatable bonds is 6. The Morgan fingerprint density at radius 3 is 2.89 bits per heavy atom. The van der Waals surface area contributed by atoms with Gasteiger partial charge in [0.25, 0.3) is 0 Å². The quantitative estimate of drug-likeness (QED) is 0.842. The highest BCUT2D eigenvalue weighted by Crippen LogP contribution is 2.33. The maximum Gasteiger partial charge on any atom is 0.204 e. The molecule has 1 fully saturated rings. The Balaban J connectivity index is 2.20. The first kappa shape index (κ1) is 13.9. The van der Waals surface area contributed by atoms with E-state index in [0.717, 1.165) is 44.1 Å². The highest BCUT2D eigenvalue weighted by Gasteiger charge is 2.26. The molecule has 0 spiro atoms. The lowest BCUT2D eigenvalue weighted by molar-refractivity contribution is 0.121. The summed E-state index contributed by atoms with van der Waals surface area (Å²) < 4.78 is 10.9. The molecule has 19 heavy (non-hydrogen) atoms. The average molecular weight is 266 g/mol. The van der Waals surface area contributed by atoms with E-state index in [-0.39, 0.29) is 6.10 Å². The second kappa shape index (κ2) is 6.56. The van der Waals surface area contributed by atoms with Crippen molar-refractivity contribution in [3.63, 3.8) is 0 Å². The van der Waals surface area contributed by atoms with Gasteiger partial charge in [0.05, 0.1) is 13.2 Å². The number of anilines is 2. The summed E-state index contributed by atoms with van der Waals surface area (Å²) in [5.41, 5.74) is 0. The fraction of sp³-hybridized carbons (Fsp3) is 0.692. The topological polar surface area (TPSA) is 59.5 Å². The standard InChI is InChI=1S/C13H22N4O2/c1-4-6-14-12-11(19-3)13(16-9-15-12)17-7-5-10(8-17)18-2/h9-10H,4-8H2,1-3H3,(H,14,15,16). The third-order valence-corrected chi connectivity index (χ3v) is 3.31. The number of nitrogens with zero attached hydrogens (tertiary/aromatic N) is 3. The molecule has 1 aliphatic heterocycles. The summed E-state index contributed by atoms with van der Waals surface area (Å²) in [6.07, 6.45) is 3.90. The van der Waals surface area contributed by atoms with Crippen molar-refractivity contribution in [2.75, 3.05) is 44.1 Å². The Hall–Kier alpha value is -1.56. The normalized spacial score (nSPS) is 18.7. The van der Waals surface area contributed by atoms with Crippen LogP contribution in [0, 0.1) is 0 Å². The molecule has 106 valence electrons. The SMILES string of the molecule is CCCNc1ncnc(N2CCC(OC)C2)c1OC. The number of methoxy groups -OCH3 is 2. The monoisotopic (exact) mass is 266 g/mol. The van der Waals surface area contributed by atoms with E-state index in [1.54, 1.807) is 20.5 Å². The molecule has 0 radical (unpaired) electrons. The number of nitrogens with one attached hydrogen (secondary N) is 1. The van der Waals surface area contributed by atoms with Crippen molar-refractivity contribution in [2.24, 2.45) is 0 Å². The molecule has 0 bridgehead atoms. The predicted octanol–water partition coefficient (Wildman–Crippen LogP) is 1.53. The van der Waals surface area contributed by atoms with Gasteiger partial charge in [0, 0.05) is 26.7 Å². The van der Waals surface area contributed by atoms with E-state index in [1.807, 2.05) is 0 Å². The van der Waals surface area contributed by atoms with Crippen molar-refractivity contribution in [2.45, 2.75) is 25.9 Å². The van der Waals surface area contributed by atoms with E-state index in [0.29, 0.717) is 5.75 Å². The van der Waals surface area contributed by atoms with Crippen LogP contribution < -0.4 is 15.0 Å². The third-order valence-electron chi connectivity index (χ3n) is 3.31. The van der Waals surface area contributed by atoms with Gasteiger partial charge in [0.1, 0.15) is 6.33 Å². The van der Waals surface area contributed by atoms with Crippen molar-refractivity contribution in [3.8, 4) is 5.75 Å². The van der Waals surface area contributed by atoms with Crippen LogP contribution >= 0.6 is 0 Å². The van der Waals surface area contributed by atoms with Gasteiger partial charge in [-0.2, -0.15) is 0 Å². The van der Waals surface area contributed by atoms with Crippen molar-refractivity contribution in [1.82, 2.24) is 9.97 Å². The first-order valence-electron chi connectivity index (χ1n) is 6.70. The highest BCUT2D eigenvalue weighted by atomic mass is 16.5. The van der Waals surface area contributed by atoms with E-state index in [9.17, 15) is 0 Å².